The minimum Gasteiger partial charge on any atom is -0.395 e. The molecule has 0 aromatic heterocycles. The highest BCUT2D eigenvalue weighted by molar-refractivity contribution is 5.42. The molecular formula is C13H19O. The van der Waals surface area contributed by atoms with Gasteiger partial charge in [0, 0.05) is 5.92 Å². The summed E-state index contributed by atoms with van der Waals surface area (Å²) in [6.45, 7) is 8.57. The van der Waals surface area contributed by atoms with Crippen LogP contribution in [-0.4, -0.2) is 11.7 Å². The molecule has 14 heavy (non-hydrogen) atoms. The Kier molecular flexibility index (Phi) is 3.70. The number of aryl methyl sites for hydroxylation is 1. The second-order valence-electron chi connectivity index (χ2n) is 4.18. The molecule has 0 bridgehead atoms. The van der Waals surface area contributed by atoms with Crippen molar-refractivity contribution in [1.82, 2.24) is 0 Å². The van der Waals surface area contributed by atoms with Crippen LogP contribution in [0.2, 0.25) is 0 Å². The normalized spacial score (nSPS) is 11.4. The Morgan fingerprint density at radius 1 is 1.36 bits per heavy atom. The number of aliphatic hydroxyl groups excluding tert-OH is 1. The molecule has 1 aromatic carbocycles. The predicted molar refractivity (Wildman–Crippen MR) is 60.4 cm³/mol. The van der Waals surface area contributed by atoms with Crippen molar-refractivity contribution in [3.8, 4) is 0 Å². The predicted octanol–water partition coefficient (Wildman–Crippen LogP) is 3.05. The minimum absolute atomic E-state index is 0.142. The van der Waals surface area contributed by atoms with Gasteiger partial charge in [-0.2, -0.15) is 0 Å². The van der Waals surface area contributed by atoms with Gasteiger partial charge in [0.05, 0.1) is 6.61 Å². The first kappa shape index (κ1) is 11.3. The number of hydrogen-bond acceptors (Lipinski definition) is 1. The maximum Gasteiger partial charge on any atom is 0.0534 e. The molecule has 0 unspecified atom stereocenters. The molecular weight excluding hydrogens is 172 g/mol. The van der Waals surface area contributed by atoms with Crippen molar-refractivity contribution in [2.45, 2.75) is 33.6 Å². The van der Waals surface area contributed by atoms with E-state index >= 15 is 0 Å². The van der Waals surface area contributed by atoms with Crippen LogP contribution in [0.1, 0.15) is 43.4 Å². The highest BCUT2D eigenvalue weighted by atomic mass is 16.3. The molecule has 0 heterocycles. The average molecular weight is 191 g/mol. The van der Waals surface area contributed by atoms with Gasteiger partial charge < -0.3 is 5.11 Å². The molecule has 0 saturated heterocycles. The van der Waals surface area contributed by atoms with Crippen LogP contribution in [-0.2, 0) is 0 Å². The van der Waals surface area contributed by atoms with E-state index < -0.39 is 0 Å². The summed E-state index contributed by atoms with van der Waals surface area (Å²) in [5, 5.41) is 9.15. The van der Waals surface area contributed by atoms with Gasteiger partial charge in [0.25, 0.3) is 0 Å². The smallest absolute Gasteiger partial charge is 0.0534 e. The van der Waals surface area contributed by atoms with Crippen LogP contribution in [0, 0.1) is 12.8 Å². The standard InChI is InChI=1S/C13H19O/c1-9(2)12-6-5-10(3)7-13(12)11(4)8-14/h5-7,9,14H,8H2,1-4H3. The van der Waals surface area contributed by atoms with Crippen molar-refractivity contribution in [1.29, 1.82) is 0 Å². The van der Waals surface area contributed by atoms with E-state index in [1.54, 1.807) is 0 Å². The molecule has 1 aromatic rings. The monoisotopic (exact) mass is 191 g/mol. The topological polar surface area (TPSA) is 20.2 Å². The lowest BCUT2D eigenvalue weighted by Crippen LogP contribution is -2.05. The molecule has 1 N–H and O–H groups in total. The quantitative estimate of drug-likeness (QED) is 0.778. The third kappa shape index (κ3) is 2.36. The lowest BCUT2D eigenvalue weighted by molar-refractivity contribution is 0.314. The van der Waals surface area contributed by atoms with E-state index in [-0.39, 0.29) is 6.61 Å². The minimum atomic E-state index is 0.142. The molecule has 1 rings (SSSR count). The first-order valence-electron chi connectivity index (χ1n) is 5.10. The Bertz CT molecular complexity index is 302. The lowest BCUT2D eigenvalue weighted by atomic mass is 9.89. The van der Waals surface area contributed by atoms with Gasteiger partial charge in [0.1, 0.15) is 0 Å². The summed E-state index contributed by atoms with van der Waals surface area (Å²) in [5.74, 6) is 1.56. The zero-order valence-corrected chi connectivity index (χ0v) is 9.46. The summed E-state index contributed by atoms with van der Waals surface area (Å²) in [7, 11) is 0. The zero-order chi connectivity index (χ0) is 10.7. The van der Waals surface area contributed by atoms with Gasteiger partial charge in [0.2, 0.25) is 0 Å². The first-order chi connectivity index (χ1) is 6.56. The van der Waals surface area contributed by atoms with Crippen molar-refractivity contribution >= 4 is 0 Å². The molecule has 1 radical (unpaired) electrons. The van der Waals surface area contributed by atoms with Crippen molar-refractivity contribution in [3.63, 3.8) is 0 Å². The maximum absolute atomic E-state index is 9.15. The Morgan fingerprint density at radius 2 is 2.00 bits per heavy atom. The van der Waals surface area contributed by atoms with Crippen molar-refractivity contribution < 1.29 is 5.11 Å². The zero-order valence-electron chi connectivity index (χ0n) is 9.46. The van der Waals surface area contributed by atoms with E-state index in [1.165, 1.54) is 16.7 Å². The van der Waals surface area contributed by atoms with Crippen LogP contribution in [0.4, 0.5) is 0 Å². The molecule has 0 aliphatic heterocycles. The van der Waals surface area contributed by atoms with Gasteiger partial charge in [0.15, 0.2) is 0 Å². The molecule has 0 saturated carbocycles. The summed E-state index contributed by atoms with van der Waals surface area (Å²) >= 11 is 0. The number of rotatable bonds is 3. The van der Waals surface area contributed by atoms with Crippen LogP contribution in [0.5, 0.6) is 0 Å². The Balaban J connectivity index is 3.15. The van der Waals surface area contributed by atoms with E-state index in [9.17, 15) is 0 Å². The SMILES string of the molecule is C[C](CO)c1cc(C)ccc1C(C)C. The fraction of sp³-hybridized carbons (Fsp3) is 0.462. The Morgan fingerprint density at radius 3 is 2.50 bits per heavy atom. The van der Waals surface area contributed by atoms with Gasteiger partial charge in [-0.1, -0.05) is 44.5 Å². The van der Waals surface area contributed by atoms with Crippen LogP contribution in [0.3, 0.4) is 0 Å². The summed E-state index contributed by atoms with van der Waals surface area (Å²) in [6, 6.07) is 6.44. The molecule has 0 fully saturated rings. The second-order valence-corrected chi connectivity index (χ2v) is 4.18. The average Bonchev–Trinajstić information content (AvgIpc) is 2.16. The van der Waals surface area contributed by atoms with Crippen LogP contribution in [0.25, 0.3) is 0 Å². The van der Waals surface area contributed by atoms with E-state index in [2.05, 4.69) is 39.0 Å². The lowest BCUT2D eigenvalue weighted by Gasteiger charge is -2.17. The molecule has 1 nitrogen and oxygen atoms in total. The van der Waals surface area contributed by atoms with E-state index in [1.807, 2.05) is 6.92 Å². The van der Waals surface area contributed by atoms with Crippen LogP contribution < -0.4 is 0 Å². The van der Waals surface area contributed by atoms with Crippen molar-refractivity contribution in [2.24, 2.45) is 0 Å². The molecule has 0 atom stereocenters. The number of aliphatic hydroxyl groups is 1. The summed E-state index contributed by atoms with van der Waals surface area (Å²) in [6.07, 6.45) is 0. The number of benzene rings is 1. The van der Waals surface area contributed by atoms with Gasteiger partial charge in [-0.05, 0) is 24.0 Å². The highest BCUT2D eigenvalue weighted by Crippen LogP contribution is 2.26. The third-order valence-electron chi connectivity index (χ3n) is 2.53. The third-order valence-corrected chi connectivity index (χ3v) is 2.53. The summed E-state index contributed by atoms with van der Waals surface area (Å²) < 4.78 is 0. The molecule has 77 valence electrons. The van der Waals surface area contributed by atoms with Gasteiger partial charge in [-0.3, -0.25) is 0 Å². The van der Waals surface area contributed by atoms with Gasteiger partial charge >= 0.3 is 0 Å². The molecule has 0 aliphatic rings. The largest absolute Gasteiger partial charge is 0.395 e. The molecule has 0 aliphatic carbocycles. The highest BCUT2D eigenvalue weighted by Gasteiger charge is 2.12. The maximum atomic E-state index is 9.15. The fourth-order valence-electron chi connectivity index (χ4n) is 1.63. The second kappa shape index (κ2) is 4.61. The van der Waals surface area contributed by atoms with Crippen LogP contribution >= 0.6 is 0 Å². The van der Waals surface area contributed by atoms with E-state index in [0.29, 0.717) is 5.92 Å². The Labute approximate surface area is 86.8 Å². The van der Waals surface area contributed by atoms with Crippen LogP contribution in [0.15, 0.2) is 18.2 Å². The molecule has 1 heteroatoms. The molecule has 0 spiro atoms. The first-order valence-corrected chi connectivity index (χ1v) is 5.10. The molecule has 0 amide bonds. The number of hydrogen-bond donors (Lipinski definition) is 1. The van der Waals surface area contributed by atoms with Crippen molar-refractivity contribution in [2.75, 3.05) is 6.61 Å². The van der Waals surface area contributed by atoms with Crippen molar-refractivity contribution in [3.05, 3.63) is 40.8 Å². The van der Waals surface area contributed by atoms with E-state index in [0.717, 1.165) is 5.92 Å². The van der Waals surface area contributed by atoms with Gasteiger partial charge in [-0.15, -0.1) is 0 Å². The van der Waals surface area contributed by atoms with Gasteiger partial charge in [-0.25, -0.2) is 0 Å². The fourth-order valence-corrected chi connectivity index (χ4v) is 1.63. The summed E-state index contributed by atoms with van der Waals surface area (Å²) in [4.78, 5) is 0. The Hall–Kier alpha value is -0.820. The van der Waals surface area contributed by atoms with E-state index in [4.69, 9.17) is 5.11 Å². The summed E-state index contributed by atoms with van der Waals surface area (Å²) in [5.41, 5.74) is 3.78.